The standard InChI is InChI=1S/C25H27BrN2O4/c1-16(2)12-13-31-23-11-9-20(15-22(23)26)25(30)28-27-24(29)17(3)32-21-10-8-18-6-4-5-7-19(18)14-21/h4-11,14-17H,12-13H2,1-3H3,(H,27,29)(H,28,30)/t17-/m0/s1. The Kier molecular flexibility index (Phi) is 8.11. The lowest BCUT2D eigenvalue weighted by Crippen LogP contribution is -2.47. The highest BCUT2D eigenvalue weighted by Crippen LogP contribution is 2.26. The number of hydrazine groups is 1. The Bertz CT molecular complexity index is 1100. The van der Waals surface area contributed by atoms with Gasteiger partial charge < -0.3 is 9.47 Å². The minimum absolute atomic E-state index is 0.386. The molecule has 0 saturated heterocycles. The lowest BCUT2D eigenvalue weighted by atomic mass is 10.1. The summed E-state index contributed by atoms with van der Waals surface area (Å²) >= 11 is 3.43. The van der Waals surface area contributed by atoms with Crippen LogP contribution in [-0.4, -0.2) is 24.5 Å². The second-order valence-corrected chi connectivity index (χ2v) is 8.74. The number of halogens is 1. The minimum Gasteiger partial charge on any atom is -0.492 e. The number of nitrogens with one attached hydrogen (secondary N) is 2. The van der Waals surface area contributed by atoms with Crippen molar-refractivity contribution in [3.05, 3.63) is 70.7 Å². The molecule has 2 N–H and O–H groups in total. The van der Waals surface area contributed by atoms with Gasteiger partial charge >= 0.3 is 0 Å². The molecule has 0 fully saturated rings. The lowest BCUT2D eigenvalue weighted by Gasteiger charge is -2.16. The molecule has 168 valence electrons. The van der Waals surface area contributed by atoms with Gasteiger partial charge in [-0.3, -0.25) is 20.4 Å². The van der Waals surface area contributed by atoms with Crippen LogP contribution in [0.5, 0.6) is 11.5 Å². The summed E-state index contributed by atoms with van der Waals surface area (Å²) in [6.07, 6.45) is 0.153. The Labute approximate surface area is 196 Å². The van der Waals surface area contributed by atoms with E-state index < -0.39 is 17.9 Å². The average Bonchev–Trinajstić information content (AvgIpc) is 2.77. The highest BCUT2D eigenvalue weighted by molar-refractivity contribution is 9.10. The summed E-state index contributed by atoms with van der Waals surface area (Å²) in [5.74, 6) is 0.901. The van der Waals surface area contributed by atoms with E-state index in [1.165, 1.54) is 0 Å². The molecule has 0 aliphatic heterocycles. The van der Waals surface area contributed by atoms with Gasteiger partial charge in [0.1, 0.15) is 11.5 Å². The molecule has 0 spiro atoms. The van der Waals surface area contributed by atoms with Gasteiger partial charge in [-0.1, -0.05) is 44.2 Å². The van der Waals surface area contributed by atoms with Crippen LogP contribution in [0.15, 0.2) is 65.1 Å². The summed E-state index contributed by atoms with van der Waals surface area (Å²) in [7, 11) is 0. The predicted molar refractivity (Wildman–Crippen MR) is 129 cm³/mol. The Balaban J connectivity index is 1.52. The molecule has 0 heterocycles. The van der Waals surface area contributed by atoms with Gasteiger partial charge in [0.2, 0.25) is 0 Å². The number of hydrogen-bond donors (Lipinski definition) is 2. The Hall–Kier alpha value is -3.06. The van der Waals surface area contributed by atoms with Gasteiger partial charge in [0, 0.05) is 5.56 Å². The summed E-state index contributed by atoms with van der Waals surface area (Å²) in [6.45, 7) is 6.49. The average molecular weight is 499 g/mol. The van der Waals surface area contributed by atoms with Crippen molar-refractivity contribution in [1.29, 1.82) is 0 Å². The van der Waals surface area contributed by atoms with Gasteiger partial charge in [-0.2, -0.15) is 0 Å². The van der Waals surface area contributed by atoms with Crippen LogP contribution in [0.3, 0.4) is 0 Å². The van der Waals surface area contributed by atoms with Crippen molar-refractivity contribution < 1.29 is 19.1 Å². The van der Waals surface area contributed by atoms with Crippen molar-refractivity contribution in [2.45, 2.75) is 33.3 Å². The van der Waals surface area contributed by atoms with E-state index in [1.54, 1.807) is 25.1 Å². The van der Waals surface area contributed by atoms with Crippen LogP contribution in [0.1, 0.15) is 37.6 Å². The van der Waals surface area contributed by atoms with Gasteiger partial charge in [0.25, 0.3) is 11.8 Å². The predicted octanol–water partition coefficient (Wildman–Crippen LogP) is 5.26. The number of hydrogen-bond acceptors (Lipinski definition) is 4. The van der Waals surface area contributed by atoms with Crippen LogP contribution < -0.4 is 20.3 Å². The summed E-state index contributed by atoms with van der Waals surface area (Å²) in [5.41, 5.74) is 5.21. The van der Waals surface area contributed by atoms with Crippen molar-refractivity contribution >= 4 is 38.5 Å². The Morgan fingerprint density at radius 1 is 0.938 bits per heavy atom. The fourth-order valence-corrected chi connectivity index (χ4v) is 3.45. The maximum atomic E-state index is 12.4. The zero-order valence-corrected chi connectivity index (χ0v) is 19.9. The third-order valence-electron chi connectivity index (χ3n) is 4.85. The third-order valence-corrected chi connectivity index (χ3v) is 5.47. The Morgan fingerprint density at radius 3 is 2.41 bits per heavy atom. The molecule has 6 nitrogen and oxygen atoms in total. The molecular formula is C25H27BrN2O4. The molecule has 3 rings (SSSR count). The first-order valence-electron chi connectivity index (χ1n) is 10.5. The van der Waals surface area contributed by atoms with Crippen LogP contribution in [-0.2, 0) is 4.79 Å². The Morgan fingerprint density at radius 2 is 1.69 bits per heavy atom. The third kappa shape index (κ3) is 6.47. The number of carbonyl (C=O) groups is 2. The van der Waals surface area contributed by atoms with Crippen molar-refractivity contribution in [3.63, 3.8) is 0 Å². The second-order valence-electron chi connectivity index (χ2n) is 7.89. The molecule has 2 amide bonds. The van der Waals surface area contributed by atoms with Crippen LogP contribution in [0.4, 0.5) is 0 Å². The van der Waals surface area contributed by atoms with Crippen LogP contribution in [0.2, 0.25) is 0 Å². The van der Waals surface area contributed by atoms with Crippen molar-refractivity contribution in [1.82, 2.24) is 10.9 Å². The van der Waals surface area contributed by atoms with E-state index in [1.807, 2.05) is 42.5 Å². The summed E-state index contributed by atoms with van der Waals surface area (Å²) in [4.78, 5) is 24.8. The van der Waals surface area contributed by atoms with E-state index in [9.17, 15) is 9.59 Å². The first-order valence-corrected chi connectivity index (χ1v) is 11.3. The zero-order chi connectivity index (χ0) is 23.1. The van der Waals surface area contributed by atoms with Crippen molar-refractivity contribution in [2.24, 2.45) is 5.92 Å². The van der Waals surface area contributed by atoms with Crippen LogP contribution in [0, 0.1) is 5.92 Å². The first-order chi connectivity index (χ1) is 15.3. The molecule has 0 radical (unpaired) electrons. The first kappa shape index (κ1) is 23.6. The van der Waals surface area contributed by atoms with Gasteiger partial charge in [-0.15, -0.1) is 0 Å². The molecule has 0 aromatic heterocycles. The maximum Gasteiger partial charge on any atom is 0.279 e. The van der Waals surface area contributed by atoms with Crippen LogP contribution >= 0.6 is 15.9 Å². The largest absolute Gasteiger partial charge is 0.492 e. The minimum atomic E-state index is -0.792. The molecule has 3 aromatic rings. The lowest BCUT2D eigenvalue weighted by molar-refractivity contribution is -0.128. The zero-order valence-electron chi connectivity index (χ0n) is 18.4. The molecular weight excluding hydrogens is 472 g/mol. The topological polar surface area (TPSA) is 76.7 Å². The number of amides is 2. The fraction of sp³-hybridized carbons (Fsp3) is 0.280. The normalized spacial score (nSPS) is 11.8. The smallest absolute Gasteiger partial charge is 0.279 e. The molecule has 32 heavy (non-hydrogen) atoms. The SMILES string of the molecule is CC(C)CCOc1ccc(C(=O)NNC(=O)[C@H](C)Oc2ccc3ccccc3c2)cc1Br. The van der Waals surface area contributed by atoms with E-state index >= 15 is 0 Å². The van der Waals surface area contributed by atoms with Gasteiger partial charge in [0.15, 0.2) is 6.10 Å². The highest BCUT2D eigenvalue weighted by atomic mass is 79.9. The van der Waals surface area contributed by atoms with Gasteiger partial charge in [0.05, 0.1) is 11.1 Å². The van der Waals surface area contributed by atoms with Crippen molar-refractivity contribution in [2.75, 3.05) is 6.61 Å². The summed E-state index contributed by atoms with van der Waals surface area (Å²) in [6, 6.07) is 18.5. The fourth-order valence-electron chi connectivity index (χ4n) is 2.95. The molecule has 0 bridgehead atoms. The molecule has 7 heteroatoms. The quantitative estimate of drug-likeness (QED) is 0.415. The number of fused-ring (bicyclic) bond motifs is 1. The number of ether oxygens (including phenoxy) is 2. The molecule has 0 saturated carbocycles. The van der Waals surface area contributed by atoms with E-state index in [0.29, 0.717) is 34.1 Å². The van der Waals surface area contributed by atoms with Gasteiger partial charge in [-0.25, -0.2) is 0 Å². The van der Waals surface area contributed by atoms with E-state index in [0.717, 1.165) is 17.2 Å². The molecule has 1 atom stereocenters. The second kappa shape index (κ2) is 11.0. The number of carbonyl (C=O) groups excluding carboxylic acids is 2. The van der Waals surface area contributed by atoms with E-state index in [-0.39, 0.29) is 0 Å². The van der Waals surface area contributed by atoms with E-state index in [2.05, 4.69) is 40.6 Å². The summed E-state index contributed by atoms with van der Waals surface area (Å²) in [5, 5.41) is 2.11. The number of rotatable bonds is 8. The monoisotopic (exact) mass is 498 g/mol. The van der Waals surface area contributed by atoms with Crippen LogP contribution in [0.25, 0.3) is 10.8 Å². The molecule has 0 unspecified atom stereocenters. The van der Waals surface area contributed by atoms with Crippen molar-refractivity contribution in [3.8, 4) is 11.5 Å². The summed E-state index contributed by atoms with van der Waals surface area (Å²) < 4.78 is 12.1. The maximum absolute atomic E-state index is 12.4. The molecule has 0 aliphatic rings. The number of benzene rings is 3. The molecule has 3 aromatic carbocycles. The highest BCUT2D eigenvalue weighted by Gasteiger charge is 2.17. The molecule has 0 aliphatic carbocycles. The van der Waals surface area contributed by atoms with Gasteiger partial charge in [-0.05, 0) is 76.3 Å². The van der Waals surface area contributed by atoms with E-state index in [4.69, 9.17) is 9.47 Å².